The van der Waals surface area contributed by atoms with E-state index < -0.39 is 5.97 Å². The highest BCUT2D eigenvalue weighted by Gasteiger charge is 2.22. The van der Waals surface area contributed by atoms with Gasteiger partial charge in [-0.25, -0.2) is 4.79 Å². The topological polar surface area (TPSA) is 70.5 Å². The molecule has 1 atom stereocenters. The quantitative estimate of drug-likeness (QED) is 0.867. The summed E-state index contributed by atoms with van der Waals surface area (Å²) in [6, 6.07) is 3.41. The lowest BCUT2D eigenvalue weighted by atomic mass is 10.0. The number of carbonyl (C=O) groups excluding carboxylic acids is 1. The van der Waals surface area contributed by atoms with E-state index in [9.17, 15) is 9.59 Å². The molecule has 5 heteroatoms. The minimum absolute atomic E-state index is 0.116. The number of aromatic nitrogens is 1. The fraction of sp³-hybridized carbons (Fsp3) is 0.438. The first-order valence-corrected chi connectivity index (χ1v) is 7.23. The summed E-state index contributed by atoms with van der Waals surface area (Å²) in [5, 5.41) is 8.72. The summed E-state index contributed by atoms with van der Waals surface area (Å²) in [5.74, 6) is -0.520. The van der Waals surface area contributed by atoms with E-state index in [-0.39, 0.29) is 5.91 Å². The second kappa shape index (κ2) is 7.02. The molecule has 0 spiro atoms. The summed E-state index contributed by atoms with van der Waals surface area (Å²) in [6.07, 6.45) is 7.14. The molecule has 0 bridgehead atoms. The number of nitrogens with zero attached hydrogens (tertiary/aromatic N) is 2. The second-order valence-electron chi connectivity index (χ2n) is 5.44. The van der Waals surface area contributed by atoms with Crippen molar-refractivity contribution in [3.05, 3.63) is 35.7 Å². The first-order valence-electron chi connectivity index (χ1n) is 7.23. The van der Waals surface area contributed by atoms with Crippen LogP contribution >= 0.6 is 0 Å². The van der Waals surface area contributed by atoms with Crippen molar-refractivity contribution in [3.8, 4) is 0 Å². The Kier molecular flexibility index (Phi) is 5.09. The summed E-state index contributed by atoms with van der Waals surface area (Å²) in [5.41, 5.74) is 0.867. The van der Waals surface area contributed by atoms with Gasteiger partial charge in [0, 0.05) is 30.9 Å². The summed E-state index contributed by atoms with van der Waals surface area (Å²) < 4.78 is 0. The first-order chi connectivity index (χ1) is 10.1. The van der Waals surface area contributed by atoms with Crippen LogP contribution in [0.4, 0.5) is 0 Å². The van der Waals surface area contributed by atoms with Gasteiger partial charge in [-0.3, -0.25) is 9.78 Å². The molecule has 1 aromatic heterocycles. The number of carboxylic acids is 1. The molecule has 1 aromatic rings. The SMILES string of the molecule is CC1CCCN(C(=O)c2ncccc2/C=C/C(=O)O)CC1. The van der Waals surface area contributed by atoms with Crippen LogP contribution in [0.2, 0.25) is 0 Å². The molecule has 5 nitrogen and oxygen atoms in total. The highest BCUT2D eigenvalue weighted by Crippen LogP contribution is 2.19. The van der Waals surface area contributed by atoms with Crippen molar-refractivity contribution in [1.29, 1.82) is 0 Å². The monoisotopic (exact) mass is 288 g/mol. The largest absolute Gasteiger partial charge is 0.478 e. The van der Waals surface area contributed by atoms with Crippen LogP contribution in [0.25, 0.3) is 6.08 Å². The van der Waals surface area contributed by atoms with Crippen molar-refractivity contribution in [2.45, 2.75) is 26.2 Å². The number of hydrogen-bond acceptors (Lipinski definition) is 3. The van der Waals surface area contributed by atoms with Gasteiger partial charge < -0.3 is 10.0 Å². The van der Waals surface area contributed by atoms with E-state index in [1.807, 2.05) is 4.90 Å². The van der Waals surface area contributed by atoms with E-state index in [1.165, 1.54) is 6.08 Å². The van der Waals surface area contributed by atoms with Gasteiger partial charge in [-0.2, -0.15) is 0 Å². The molecular weight excluding hydrogens is 268 g/mol. The molecule has 1 saturated heterocycles. The molecule has 112 valence electrons. The first kappa shape index (κ1) is 15.2. The number of hydrogen-bond donors (Lipinski definition) is 1. The predicted octanol–water partition coefficient (Wildman–Crippen LogP) is 2.44. The molecule has 0 radical (unpaired) electrons. The van der Waals surface area contributed by atoms with Crippen LogP contribution < -0.4 is 0 Å². The molecule has 21 heavy (non-hydrogen) atoms. The summed E-state index contributed by atoms with van der Waals surface area (Å²) in [7, 11) is 0. The normalized spacial score (nSPS) is 19.5. The van der Waals surface area contributed by atoms with Gasteiger partial charge in [-0.05, 0) is 37.3 Å². The molecule has 2 heterocycles. The average molecular weight is 288 g/mol. The van der Waals surface area contributed by atoms with Crippen LogP contribution in [0.5, 0.6) is 0 Å². The minimum atomic E-state index is -1.04. The fourth-order valence-electron chi connectivity index (χ4n) is 2.51. The number of amides is 1. The molecule has 1 aliphatic rings. The highest BCUT2D eigenvalue weighted by atomic mass is 16.4. The Bertz CT molecular complexity index is 554. The Morgan fingerprint density at radius 2 is 2.19 bits per heavy atom. The third-order valence-corrected chi connectivity index (χ3v) is 3.75. The van der Waals surface area contributed by atoms with Gasteiger partial charge in [-0.15, -0.1) is 0 Å². The maximum absolute atomic E-state index is 12.6. The molecule has 1 fully saturated rings. The lowest BCUT2D eigenvalue weighted by Gasteiger charge is -2.20. The van der Waals surface area contributed by atoms with E-state index in [4.69, 9.17) is 5.11 Å². The molecule has 0 aliphatic carbocycles. The van der Waals surface area contributed by atoms with Crippen LogP contribution in [-0.2, 0) is 4.79 Å². The molecule has 0 aromatic carbocycles. The molecule has 1 amide bonds. The van der Waals surface area contributed by atoms with Gasteiger partial charge in [0.1, 0.15) is 5.69 Å². The molecule has 1 unspecified atom stereocenters. The van der Waals surface area contributed by atoms with Crippen LogP contribution in [-0.4, -0.2) is 40.0 Å². The number of rotatable bonds is 3. The third kappa shape index (κ3) is 4.15. The van der Waals surface area contributed by atoms with Gasteiger partial charge in [0.15, 0.2) is 0 Å². The fourth-order valence-corrected chi connectivity index (χ4v) is 2.51. The van der Waals surface area contributed by atoms with E-state index in [2.05, 4.69) is 11.9 Å². The maximum Gasteiger partial charge on any atom is 0.328 e. The van der Waals surface area contributed by atoms with Gasteiger partial charge in [-0.1, -0.05) is 13.0 Å². The number of aliphatic carboxylic acids is 1. The van der Waals surface area contributed by atoms with Gasteiger partial charge in [0.25, 0.3) is 5.91 Å². The van der Waals surface area contributed by atoms with Crippen LogP contribution in [0.3, 0.4) is 0 Å². The Labute approximate surface area is 124 Å². The summed E-state index contributed by atoms with van der Waals surface area (Å²) in [6.45, 7) is 3.68. The Morgan fingerprint density at radius 1 is 1.38 bits per heavy atom. The Balaban J connectivity index is 2.20. The zero-order valence-electron chi connectivity index (χ0n) is 12.2. The number of pyridine rings is 1. The van der Waals surface area contributed by atoms with E-state index in [1.54, 1.807) is 18.3 Å². The van der Waals surface area contributed by atoms with Gasteiger partial charge in [0.2, 0.25) is 0 Å². The van der Waals surface area contributed by atoms with E-state index >= 15 is 0 Å². The van der Waals surface area contributed by atoms with E-state index in [0.29, 0.717) is 17.2 Å². The average Bonchev–Trinajstić information content (AvgIpc) is 2.69. The molecule has 2 rings (SSSR count). The van der Waals surface area contributed by atoms with Gasteiger partial charge >= 0.3 is 5.97 Å². The molecular formula is C16H20N2O3. The second-order valence-corrected chi connectivity index (χ2v) is 5.44. The van der Waals surface area contributed by atoms with Gasteiger partial charge in [0.05, 0.1) is 0 Å². The van der Waals surface area contributed by atoms with Crippen molar-refractivity contribution in [1.82, 2.24) is 9.88 Å². The van der Waals surface area contributed by atoms with Crippen molar-refractivity contribution < 1.29 is 14.7 Å². The van der Waals surface area contributed by atoms with Crippen molar-refractivity contribution in [2.24, 2.45) is 5.92 Å². The third-order valence-electron chi connectivity index (χ3n) is 3.75. The molecule has 0 saturated carbocycles. The number of likely N-dealkylation sites (tertiary alicyclic amines) is 1. The Morgan fingerprint density at radius 3 is 2.95 bits per heavy atom. The van der Waals surface area contributed by atoms with Crippen LogP contribution in [0, 0.1) is 5.92 Å². The van der Waals surface area contributed by atoms with E-state index in [0.717, 1.165) is 38.4 Å². The van der Waals surface area contributed by atoms with Crippen molar-refractivity contribution >= 4 is 18.0 Å². The lowest BCUT2D eigenvalue weighted by Crippen LogP contribution is -2.33. The Hall–Kier alpha value is -2.17. The van der Waals surface area contributed by atoms with Crippen LogP contribution in [0.15, 0.2) is 24.4 Å². The number of carboxylic acid groups (broad SMARTS) is 1. The highest BCUT2D eigenvalue weighted by molar-refractivity contribution is 5.97. The standard InChI is InChI=1S/C16H20N2O3/c1-12-4-3-10-18(11-8-12)16(21)15-13(5-2-9-17-15)6-7-14(19)20/h2,5-7,9,12H,3-4,8,10-11H2,1H3,(H,19,20)/b7-6+. The van der Waals surface area contributed by atoms with Crippen LogP contribution in [0.1, 0.15) is 42.2 Å². The molecule has 1 aliphatic heterocycles. The molecule has 1 N–H and O–H groups in total. The number of carbonyl (C=O) groups is 2. The summed E-state index contributed by atoms with van der Waals surface area (Å²) >= 11 is 0. The predicted molar refractivity (Wildman–Crippen MR) is 79.8 cm³/mol. The maximum atomic E-state index is 12.6. The smallest absolute Gasteiger partial charge is 0.328 e. The lowest BCUT2D eigenvalue weighted by molar-refractivity contribution is -0.131. The minimum Gasteiger partial charge on any atom is -0.478 e. The zero-order valence-corrected chi connectivity index (χ0v) is 12.2. The van der Waals surface area contributed by atoms with Crippen molar-refractivity contribution in [3.63, 3.8) is 0 Å². The zero-order chi connectivity index (χ0) is 15.2. The van der Waals surface area contributed by atoms with Crippen molar-refractivity contribution in [2.75, 3.05) is 13.1 Å². The summed E-state index contributed by atoms with van der Waals surface area (Å²) in [4.78, 5) is 29.2.